The number of fused-ring (bicyclic) bond motifs is 1. The van der Waals surface area contributed by atoms with Crippen molar-refractivity contribution in [2.75, 3.05) is 7.11 Å². The molecule has 2 heterocycles. The number of ether oxygens (including phenoxy) is 1. The number of nitrogens with one attached hydrogen (secondary N) is 1. The van der Waals surface area contributed by atoms with Crippen LogP contribution in [0.25, 0.3) is 10.3 Å². The van der Waals surface area contributed by atoms with Crippen molar-refractivity contribution in [1.82, 2.24) is 9.97 Å². The lowest BCUT2D eigenvalue weighted by atomic mass is 10.4. The van der Waals surface area contributed by atoms with Crippen LogP contribution in [0, 0.1) is 0 Å². The molecular weight excluding hydrogens is 176 g/mol. The largest absolute Gasteiger partial charge is 0.481 e. The molecule has 62 valence electrons. The first-order valence-electron chi connectivity index (χ1n) is 3.33. The first kappa shape index (κ1) is 7.30. The summed E-state index contributed by atoms with van der Waals surface area (Å²) in [4.78, 5) is 18.2. The summed E-state index contributed by atoms with van der Waals surface area (Å²) >= 11 is 1.08. The number of methoxy groups -OCH3 is 1. The first-order valence-corrected chi connectivity index (χ1v) is 4.15. The number of nitrogens with zero attached hydrogens (tertiary/aromatic N) is 1. The molecule has 0 saturated heterocycles. The lowest BCUT2D eigenvalue weighted by Crippen LogP contribution is -1.89. The molecule has 0 aromatic carbocycles. The minimum absolute atomic E-state index is 0.0919. The highest BCUT2D eigenvalue weighted by Gasteiger charge is 2.00. The van der Waals surface area contributed by atoms with Crippen molar-refractivity contribution in [3.8, 4) is 5.88 Å². The summed E-state index contributed by atoms with van der Waals surface area (Å²) in [6.45, 7) is 0. The van der Waals surface area contributed by atoms with Gasteiger partial charge < -0.3 is 9.72 Å². The third kappa shape index (κ3) is 1.08. The van der Waals surface area contributed by atoms with Gasteiger partial charge in [0.05, 0.1) is 12.6 Å². The van der Waals surface area contributed by atoms with Gasteiger partial charge in [-0.15, -0.1) is 0 Å². The van der Waals surface area contributed by atoms with Gasteiger partial charge in [-0.3, -0.25) is 4.79 Å². The van der Waals surface area contributed by atoms with Gasteiger partial charge in [0.25, 0.3) is 0 Å². The maximum atomic E-state index is 10.9. The predicted octanol–water partition coefficient (Wildman–Crippen LogP) is 0.993. The lowest BCUT2D eigenvalue weighted by Gasteiger charge is -1.95. The van der Waals surface area contributed by atoms with Gasteiger partial charge in [0, 0.05) is 6.07 Å². The van der Waals surface area contributed by atoms with Crippen LogP contribution in [0.1, 0.15) is 0 Å². The van der Waals surface area contributed by atoms with Gasteiger partial charge in [0.2, 0.25) is 5.88 Å². The summed E-state index contributed by atoms with van der Waals surface area (Å²) in [5.41, 5.74) is 0.755. The van der Waals surface area contributed by atoms with Crippen molar-refractivity contribution >= 4 is 21.7 Å². The van der Waals surface area contributed by atoms with E-state index < -0.39 is 0 Å². The number of rotatable bonds is 1. The van der Waals surface area contributed by atoms with Crippen LogP contribution in [0.2, 0.25) is 0 Å². The molecule has 0 atom stereocenters. The van der Waals surface area contributed by atoms with Crippen molar-refractivity contribution in [3.05, 3.63) is 21.8 Å². The Bertz CT molecular complexity index is 460. The molecule has 0 bridgehead atoms. The van der Waals surface area contributed by atoms with Gasteiger partial charge >= 0.3 is 4.87 Å². The Morgan fingerprint density at radius 1 is 1.58 bits per heavy atom. The zero-order valence-corrected chi connectivity index (χ0v) is 7.14. The summed E-state index contributed by atoms with van der Waals surface area (Å²) in [7, 11) is 1.55. The molecule has 2 aromatic heterocycles. The van der Waals surface area contributed by atoms with Crippen LogP contribution >= 0.6 is 11.3 Å². The van der Waals surface area contributed by atoms with E-state index in [1.807, 2.05) is 0 Å². The molecule has 0 spiro atoms. The Hall–Kier alpha value is -1.36. The second kappa shape index (κ2) is 2.60. The molecule has 5 heteroatoms. The number of thiazole rings is 1. The average Bonchev–Trinajstić information content (AvgIpc) is 2.43. The summed E-state index contributed by atoms with van der Waals surface area (Å²) in [5, 5.41) is 0. The van der Waals surface area contributed by atoms with Crippen LogP contribution in [0.3, 0.4) is 0 Å². The number of H-pyrrole nitrogens is 1. The Labute approximate surface area is 71.8 Å². The fourth-order valence-corrected chi connectivity index (χ4v) is 1.63. The summed E-state index contributed by atoms with van der Waals surface area (Å²) in [5.74, 6) is 0.526. The zero-order chi connectivity index (χ0) is 8.55. The van der Waals surface area contributed by atoms with E-state index in [4.69, 9.17) is 4.74 Å². The van der Waals surface area contributed by atoms with Crippen LogP contribution in [0.5, 0.6) is 5.88 Å². The van der Waals surface area contributed by atoms with Crippen LogP contribution in [0.4, 0.5) is 0 Å². The summed E-state index contributed by atoms with van der Waals surface area (Å²) < 4.78 is 4.91. The van der Waals surface area contributed by atoms with Gasteiger partial charge in [-0.1, -0.05) is 11.3 Å². The van der Waals surface area contributed by atoms with Crippen LogP contribution in [-0.4, -0.2) is 17.1 Å². The molecule has 2 rings (SSSR count). The maximum Gasteiger partial charge on any atom is 0.307 e. The van der Waals surface area contributed by atoms with Crippen LogP contribution in [-0.2, 0) is 0 Å². The van der Waals surface area contributed by atoms with E-state index >= 15 is 0 Å². The normalized spacial score (nSPS) is 10.4. The number of hydrogen-bond acceptors (Lipinski definition) is 4. The highest BCUT2D eigenvalue weighted by atomic mass is 32.1. The molecule has 0 amide bonds. The van der Waals surface area contributed by atoms with Crippen molar-refractivity contribution < 1.29 is 4.74 Å². The van der Waals surface area contributed by atoms with Crippen LogP contribution < -0.4 is 9.61 Å². The topological polar surface area (TPSA) is 55.0 Å². The van der Waals surface area contributed by atoms with Crippen molar-refractivity contribution in [1.29, 1.82) is 0 Å². The second-order valence-electron chi connectivity index (χ2n) is 2.22. The van der Waals surface area contributed by atoms with E-state index in [2.05, 4.69) is 9.97 Å². The fraction of sp³-hybridized carbons (Fsp3) is 0.143. The Balaban J connectivity index is 2.74. The van der Waals surface area contributed by atoms with Gasteiger partial charge in [0.15, 0.2) is 0 Å². The van der Waals surface area contributed by atoms with Gasteiger partial charge in [0.1, 0.15) is 4.83 Å². The monoisotopic (exact) mass is 182 g/mol. The fourth-order valence-electron chi connectivity index (χ4n) is 0.933. The number of pyridine rings is 1. The maximum absolute atomic E-state index is 10.9. The zero-order valence-electron chi connectivity index (χ0n) is 6.33. The first-order chi connectivity index (χ1) is 5.79. The number of aromatic amines is 1. The highest BCUT2D eigenvalue weighted by Crippen LogP contribution is 2.15. The summed E-state index contributed by atoms with van der Waals surface area (Å²) in [6.07, 6.45) is 0. The molecule has 0 fully saturated rings. The molecule has 0 saturated carbocycles. The number of hydrogen-bond donors (Lipinski definition) is 1. The minimum atomic E-state index is -0.0919. The smallest absolute Gasteiger partial charge is 0.307 e. The molecule has 0 aliphatic rings. The van der Waals surface area contributed by atoms with E-state index in [1.54, 1.807) is 19.2 Å². The van der Waals surface area contributed by atoms with Crippen molar-refractivity contribution in [3.63, 3.8) is 0 Å². The third-order valence-electron chi connectivity index (χ3n) is 1.47. The van der Waals surface area contributed by atoms with E-state index in [9.17, 15) is 4.79 Å². The van der Waals surface area contributed by atoms with Gasteiger partial charge in [-0.05, 0) is 6.07 Å². The molecule has 0 unspecified atom stereocenters. The third-order valence-corrected chi connectivity index (χ3v) is 2.26. The molecule has 0 aliphatic heterocycles. The Morgan fingerprint density at radius 2 is 2.42 bits per heavy atom. The van der Waals surface area contributed by atoms with Crippen LogP contribution in [0.15, 0.2) is 16.9 Å². The predicted molar refractivity (Wildman–Crippen MR) is 46.8 cm³/mol. The molecular formula is C7H6N2O2S. The van der Waals surface area contributed by atoms with Crippen molar-refractivity contribution in [2.24, 2.45) is 0 Å². The minimum Gasteiger partial charge on any atom is -0.481 e. The molecule has 12 heavy (non-hydrogen) atoms. The average molecular weight is 182 g/mol. The van der Waals surface area contributed by atoms with E-state index in [0.29, 0.717) is 10.7 Å². The SMILES string of the molecule is COc1ccc2[nH]c(=O)sc2n1. The molecule has 2 aromatic rings. The summed E-state index contributed by atoms with van der Waals surface area (Å²) in [6, 6.07) is 3.49. The number of aromatic nitrogens is 2. The lowest BCUT2D eigenvalue weighted by molar-refractivity contribution is 0.400. The molecule has 1 N–H and O–H groups in total. The molecule has 0 radical (unpaired) electrons. The van der Waals surface area contributed by atoms with Gasteiger partial charge in [-0.25, -0.2) is 4.98 Å². The van der Waals surface area contributed by atoms with Gasteiger partial charge in [-0.2, -0.15) is 0 Å². The molecule has 4 nitrogen and oxygen atoms in total. The second-order valence-corrected chi connectivity index (χ2v) is 3.18. The van der Waals surface area contributed by atoms with E-state index in [-0.39, 0.29) is 4.87 Å². The highest BCUT2D eigenvalue weighted by molar-refractivity contribution is 7.15. The Kier molecular flexibility index (Phi) is 1.58. The van der Waals surface area contributed by atoms with Crippen molar-refractivity contribution in [2.45, 2.75) is 0 Å². The molecule has 0 aliphatic carbocycles. The quantitative estimate of drug-likeness (QED) is 0.715. The standard InChI is InChI=1S/C7H6N2O2S/c1-11-5-3-2-4-6(9-5)12-7(10)8-4/h2-3H,1H3,(H,8,10). The Morgan fingerprint density at radius 3 is 3.17 bits per heavy atom. The van der Waals surface area contributed by atoms with E-state index in [0.717, 1.165) is 16.9 Å². The van der Waals surface area contributed by atoms with E-state index in [1.165, 1.54) is 0 Å².